The molecule has 0 bridgehead atoms. The van der Waals surface area contributed by atoms with Crippen molar-refractivity contribution >= 4 is 29.0 Å². The van der Waals surface area contributed by atoms with Gasteiger partial charge in [0.15, 0.2) is 0 Å². The maximum atomic E-state index is 13.0. The summed E-state index contributed by atoms with van der Waals surface area (Å²) in [6.45, 7) is 1.47. The first kappa shape index (κ1) is 30.4. The second-order valence-corrected chi connectivity index (χ2v) is 10.0. The summed E-state index contributed by atoms with van der Waals surface area (Å²) in [5.74, 6) is -0.486. The molecule has 0 aliphatic carbocycles. The Bertz CT molecular complexity index is 1730. The largest absolute Gasteiger partial charge is 0.416 e. The summed E-state index contributed by atoms with van der Waals surface area (Å²) in [5.41, 5.74) is 0.974. The van der Waals surface area contributed by atoms with Gasteiger partial charge in [-0.2, -0.15) is 13.2 Å². The lowest BCUT2D eigenvalue weighted by Crippen LogP contribution is -2.40. The number of aryl methyl sites for hydroxylation is 1. The van der Waals surface area contributed by atoms with Crippen LogP contribution in [0.2, 0.25) is 0 Å². The SMILES string of the molecule is Cn1cc(-c2cccc(NC(=O)c3ccc(C(F)(F)F)cc3)c2CO)cc(Nc2ccc(C(=O)N3CCOCC3)cn2)c1=O. The number of alkyl halides is 3. The molecule has 0 unspecified atom stereocenters. The molecule has 5 rings (SSSR count). The van der Waals surface area contributed by atoms with Crippen LogP contribution in [0.1, 0.15) is 31.8 Å². The van der Waals surface area contributed by atoms with E-state index in [1.54, 1.807) is 54.5 Å². The molecule has 3 heterocycles. The maximum Gasteiger partial charge on any atom is 0.416 e. The topological polar surface area (TPSA) is 126 Å². The van der Waals surface area contributed by atoms with Gasteiger partial charge in [0, 0.05) is 54.9 Å². The van der Waals surface area contributed by atoms with Crippen molar-refractivity contribution < 1.29 is 32.6 Å². The zero-order valence-electron chi connectivity index (χ0n) is 23.5. The molecule has 0 spiro atoms. The smallest absolute Gasteiger partial charge is 0.392 e. The highest BCUT2D eigenvalue weighted by Crippen LogP contribution is 2.32. The van der Waals surface area contributed by atoms with E-state index >= 15 is 0 Å². The summed E-state index contributed by atoms with van der Waals surface area (Å²) in [5, 5.41) is 15.9. The lowest BCUT2D eigenvalue weighted by atomic mass is 9.99. The fourth-order valence-electron chi connectivity index (χ4n) is 4.78. The van der Waals surface area contributed by atoms with Crippen molar-refractivity contribution in [1.82, 2.24) is 14.5 Å². The monoisotopic (exact) mass is 607 g/mol. The van der Waals surface area contributed by atoms with E-state index in [0.717, 1.165) is 24.3 Å². The van der Waals surface area contributed by atoms with E-state index in [1.165, 1.54) is 10.8 Å². The zero-order chi connectivity index (χ0) is 31.4. The van der Waals surface area contributed by atoms with Crippen molar-refractivity contribution in [2.24, 2.45) is 7.05 Å². The molecule has 10 nitrogen and oxygen atoms in total. The fraction of sp³-hybridized carbons (Fsp3) is 0.226. The predicted molar refractivity (Wildman–Crippen MR) is 157 cm³/mol. The number of nitrogens with one attached hydrogen (secondary N) is 2. The van der Waals surface area contributed by atoms with Gasteiger partial charge in [-0.3, -0.25) is 14.4 Å². The maximum absolute atomic E-state index is 13.0. The molecule has 13 heteroatoms. The van der Waals surface area contributed by atoms with Crippen LogP contribution in [-0.4, -0.2) is 57.7 Å². The number of amides is 2. The number of carbonyl (C=O) groups excluding carboxylic acids is 2. The number of hydrogen-bond acceptors (Lipinski definition) is 7. The van der Waals surface area contributed by atoms with Crippen molar-refractivity contribution in [3.8, 4) is 11.1 Å². The molecule has 1 fully saturated rings. The lowest BCUT2D eigenvalue weighted by Gasteiger charge is -2.26. The van der Waals surface area contributed by atoms with Crippen LogP contribution in [0.15, 0.2) is 77.9 Å². The van der Waals surface area contributed by atoms with Crippen LogP contribution in [0.5, 0.6) is 0 Å². The van der Waals surface area contributed by atoms with E-state index in [1.807, 2.05) is 0 Å². The van der Waals surface area contributed by atoms with Gasteiger partial charge in [0.1, 0.15) is 11.5 Å². The van der Waals surface area contributed by atoms with Gasteiger partial charge in [-0.25, -0.2) is 4.98 Å². The summed E-state index contributed by atoms with van der Waals surface area (Å²) in [6.07, 6.45) is -1.53. The first-order valence-electron chi connectivity index (χ1n) is 13.6. The Labute approximate surface area is 249 Å². The van der Waals surface area contributed by atoms with Crippen LogP contribution >= 0.6 is 0 Å². The van der Waals surface area contributed by atoms with Crippen LogP contribution in [0, 0.1) is 0 Å². The minimum atomic E-state index is -4.53. The normalized spacial score (nSPS) is 13.4. The Balaban J connectivity index is 1.38. The van der Waals surface area contributed by atoms with Crippen molar-refractivity contribution in [3.63, 3.8) is 0 Å². The molecule has 3 N–H and O–H groups in total. The molecular weight excluding hydrogens is 579 g/mol. The van der Waals surface area contributed by atoms with Gasteiger partial charge < -0.3 is 29.9 Å². The molecule has 0 atom stereocenters. The second-order valence-electron chi connectivity index (χ2n) is 10.0. The van der Waals surface area contributed by atoms with Gasteiger partial charge >= 0.3 is 6.18 Å². The highest BCUT2D eigenvalue weighted by atomic mass is 19.4. The number of anilines is 3. The molecule has 44 heavy (non-hydrogen) atoms. The third-order valence-electron chi connectivity index (χ3n) is 7.12. The van der Waals surface area contributed by atoms with E-state index in [-0.39, 0.29) is 28.4 Å². The first-order chi connectivity index (χ1) is 21.0. The Morgan fingerprint density at radius 2 is 1.70 bits per heavy atom. The second kappa shape index (κ2) is 12.7. The third kappa shape index (κ3) is 6.63. The van der Waals surface area contributed by atoms with Crippen LogP contribution in [-0.2, 0) is 24.6 Å². The summed E-state index contributed by atoms with van der Waals surface area (Å²) in [7, 11) is 1.56. The molecule has 2 aromatic heterocycles. The number of morpholine rings is 1. The van der Waals surface area contributed by atoms with Crippen LogP contribution in [0.25, 0.3) is 11.1 Å². The molecule has 1 aliphatic rings. The van der Waals surface area contributed by atoms with Gasteiger partial charge in [0.25, 0.3) is 17.4 Å². The van der Waals surface area contributed by atoms with E-state index in [4.69, 9.17) is 4.74 Å². The molecular formula is C31H28F3N5O5. The number of aliphatic hydroxyl groups excluding tert-OH is 1. The van der Waals surface area contributed by atoms with Gasteiger partial charge in [-0.05, 0) is 54.1 Å². The summed E-state index contributed by atoms with van der Waals surface area (Å²) in [4.78, 5) is 44.5. The summed E-state index contributed by atoms with van der Waals surface area (Å²) >= 11 is 0. The van der Waals surface area contributed by atoms with E-state index in [9.17, 15) is 32.7 Å². The van der Waals surface area contributed by atoms with Gasteiger partial charge in [0.05, 0.1) is 30.9 Å². The average Bonchev–Trinajstić information content (AvgIpc) is 3.03. The number of halogens is 3. The number of aromatic nitrogens is 2. The predicted octanol–water partition coefficient (Wildman–Crippen LogP) is 4.43. The van der Waals surface area contributed by atoms with E-state index in [0.29, 0.717) is 54.4 Å². The Morgan fingerprint density at radius 1 is 1.00 bits per heavy atom. The first-order valence-corrected chi connectivity index (χ1v) is 13.6. The molecule has 4 aromatic rings. The number of ether oxygens (including phenoxy) is 1. The quantitative estimate of drug-likeness (QED) is 0.284. The fourth-order valence-corrected chi connectivity index (χ4v) is 4.78. The van der Waals surface area contributed by atoms with Crippen molar-refractivity contribution in [2.45, 2.75) is 12.8 Å². The van der Waals surface area contributed by atoms with Crippen LogP contribution in [0.3, 0.4) is 0 Å². The lowest BCUT2D eigenvalue weighted by molar-refractivity contribution is -0.137. The van der Waals surface area contributed by atoms with Crippen molar-refractivity contribution in [3.05, 3.63) is 106 Å². The highest BCUT2D eigenvalue weighted by Gasteiger charge is 2.30. The minimum Gasteiger partial charge on any atom is -0.392 e. The molecule has 0 saturated carbocycles. The number of hydrogen-bond donors (Lipinski definition) is 3. The van der Waals surface area contributed by atoms with Crippen LogP contribution < -0.4 is 16.2 Å². The van der Waals surface area contributed by atoms with Gasteiger partial charge in [0.2, 0.25) is 0 Å². The summed E-state index contributed by atoms with van der Waals surface area (Å²) < 4.78 is 45.4. The van der Waals surface area contributed by atoms with E-state index < -0.39 is 24.3 Å². The molecule has 0 radical (unpaired) electrons. The molecule has 228 valence electrons. The number of rotatable bonds is 7. The van der Waals surface area contributed by atoms with Crippen LogP contribution in [0.4, 0.5) is 30.4 Å². The standard InChI is InChI=1S/C31H28F3N5O5/c1-38-17-21(15-26(30(38)43)36-27-10-7-20(16-35-27)29(42)39-11-13-44-14-12-39)23-3-2-4-25(24(23)18-40)37-28(41)19-5-8-22(9-6-19)31(32,33)34/h2-10,15-17,40H,11-14,18H2,1H3,(H,35,36)(H,37,41). The average molecular weight is 608 g/mol. The summed E-state index contributed by atoms with van der Waals surface area (Å²) in [6, 6.07) is 13.5. The number of pyridine rings is 2. The molecule has 2 amide bonds. The number of benzene rings is 2. The van der Waals surface area contributed by atoms with Crippen molar-refractivity contribution in [2.75, 3.05) is 36.9 Å². The Kier molecular flexibility index (Phi) is 8.78. The van der Waals surface area contributed by atoms with Gasteiger partial charge in [-0.1, -0.05) is 12.1 Å². The highest BCUT2D eigenvalue weighted by molar-refractivity contribution is 6.05. The van der Waals surface area contributed by atoms with Crippen molar-refractivity contribution in [1.29, 1.82) is 0 Å². The van der Waals surface area contributed by atoms with Gasteiger partial charge in [-0.15, -0.1) is 0 Å². The molecule has 2 aromatic carbocycles. The number of carbonyl (C=O) groups is 2. The number of aliphatic hydroxyl groups is 1. The Morgan fingerprint density at radius 3 is 2.34 bits per heavy atom. The number of nitrogens with zero attached hydrogens (tertiary/aromatic N) is 3. The van der Waals surface area contributed by atoms with E-state index in [2.05, 4.69) is 15.6 Å². The Hall–Kier alpha value is -5.01. The molecule has 1 saturated heterocycles. The minimum absolute atomic E-state index is 0.00560. The third-order valence-corrected chi connectivity index (χ3v) is 7.12. The molecule has 1 aliphatic heterocycles. The zero-order valence-corrected chi connectivity index (χ0v) is 23.5.